The summed E-state index contributed by atoms with van der Waals surface area (Å²) in [4.78, 5) is 11.3. The smallest absolute Gasteiger partial charge is 0.322 e. The van der Waals surface area contributed by atoms with Crippen molar-refractivity contribution in [2.24, 2.45) is 0 Å². The number of sulfonamides is 1. The van der Waals surface area contributed by atoms with Gasteiger partial charge in [-0.25, -0.2) is 8.42 Å². The zero-order valence-corrected chi connectivity index (χ0v) is 12.2. The molecule has 112 valence electrons. The molecule has 7 heteroatoms. The monoisotopic (exact) mass is 308 g/mol. The lowest BCUT2D eigenvalue weighted by atomic mass is 10.1. The second-order valence-corrected chi connectivity index (χ2v) is 6.85. The van der Waals surface area contributed by atoms with E-state index < -0.39 is 22.0 Å². The minimum atomic E-state index is -3.91. The van der Waals surface area contributed by atoms with Crippen LogP contribution in [0.15, 0.2) is 29.2 Å². The Morgan fingerprint density at radius 3 is 2.76 bits per heavy atom. The van der Waals surface area contributed by atoms with E-state index in [0.29, 0.717) is 19.3 Å². The van der Waals surface area contributed by atoms with Crippen molar-refractivity contribution < 1.29 is 18.3 Å². The SMILES string of the molecule is N#Cc1cccc(S(=O)(=O)N2CCCCCC2C(=O)O)c1. The Bertz CT molecular complexity index is 678. The highest BCUT2D eigenvalue weighted by Gasteiger charge is 2.36. The van der Waals surface area contributed by atoms with Crippen molar-refractivity contribution in [3.63, 3.8) is 0 Å². The Morgan fingerprint density at radius 1 is 1.33 bits per heavy atom. The summed E-state index contributed by atoms with van der Waals surface area (Å²) in [6.07, 6.45) is 2.46. The quantitative estimate of drug-likeness (QED) is 0.914. The fourth-order valence-electron chi connectivity index (χ4n) is 2.48. The van der Waals surface area contributed by atoms with Crippen LogP contribution in [0, 0.1) is 11.3 Å². The van der Waals surface area contributed by atoms with E-state index in [-0.39, 0.29) is 17.0 Å². The summed E-state index contributed by atoms with van der Waals surface area (Å²) in [6, 6.07) is 6.51. The molecule has 1 heterocycles. The van der Waals surface area contributed by atoms with Gasteiger partial charge in [0.05, 0.1) is 16.5 Å². The molecular weight excluding hydrogens is 292 g/mol. The number of nitriles is 1. The second kappa shape index (κ2) is 6.24. The van der Waals surface area contributed by atoms with Crippen LogP contribution in [0.25, 0.3) is 0 Å². The molecule has 0 radical (unpaired) electrons. The second-order valence-electron chi connectivity index (χ2n) is 4.96. The van der Waals surface area contributed by atoms with Crippen molar-refractivity contribution >= 4 is 16.0 Å². The van der Waals surface area contributed by atoms with Crippen molar-refractivity contribution in [2.75, 3.05) is 6.54 Å². The highest BCUT2D eigenvalue weighted by molar-refractivity contribution is 7.89. The molecule has 0 saturated carbocycles. The molecule has 6 nitrogen and oxygen atoms in total. The number of aliphatic carboxylic acids is 1. The molecule has 1 N–H and O–H groups in total. The maximum Gasteiger partial charge on any atom is 0.322 e. The van der Waals surface area contributed by atoms with E-state index in [4.69, 9.17) is 5.26 Å². The van der Waals surface area contributed by atoms with E-state index in [1.54, 1.807) is 0 Å². The van der Waals surface area contributed by atoms with Gasteiger partial charge in [-0.2, -0.15) is 9.57 Å². The number of nitrogens with zero attached hydrogens (tertiary/aromatic N) is 2. The summed E-state index contributed by atoms with van der Waals surface area (Å²) in [6.45, 7) is 0.191. The first-order valence-corrected chi connectivity index (χ1v) is 8.15. The molecule has 1 aromatic rings. The Hall–Kier alpha value is -1.91. The zero-order valence-electron chi connectivity index (χ0n) is 11.4. The maximum absolute atomic E-state index is 12.7. The van der Waals surface area contributed by atoms with Crippen LogP contribution in [0.3, 0.4) is 0 Å². The molecule has 21 heavy (non-hydrogen) atoms. The number of rotatable bonds is 3. The van der Waals surface area contributed by atoms with Gasteiger partial charge in [-0.15, -0.1) is 0 Å². The molecule has 2 rings (SSSR count). The fourth-order valence-corrected chi connectivity index (χ4v) is 4.18. The molecule has 1 aliphatic heterocycles. The van der Waals surface area contributed by atoms with Crippen LogP contribution in [0.2, 0.25) is 0 Å². The van der Waals surface area contributed by atoms with Gasteiger partial charge in [0.15, 0.2) is 0 Å². The molecule has 1 aromatic carbocycles. The molecule has 1 atom stereocenters. The van der Waals surface area contributed by atoms with E-state index >= 15 is 0 Å². The van der Waals surface area contributed by atoms with E-state index in [9.17, 15) is 18.3 Å². The lowest BCUT2D eigenvalue weighted by Gasteiger charge is -2.26. The van der Waals surface area contributed by atoms with Crippen molar-refractivity contribution in [3.8, 4) is 6.07 Å². The van der Waals surface area contributed by atoms with E-state index in [1.165, 1.54) is 24.3 Å². The standard InChI is InChI=1S/C14H16N2O4S/c15-10-11-5-4-6-12(9-11)21(19,20)16-8-3-1-2-7-13(16)14(17)18/h4-6,9,13H,1-3,7-8H2,(H,17,18). The summed E-state index contributed by atoms with van der Waals surface area (Å²) in [5.41, 5.74) is 0.234. The van der Waals surface area contributed by atoms with Crippen molar-refractivity contribution in [1.82, 2.24) is 4.31 Å². The van der Waals surface area contributed by atoms with Crippen molar-refractivity contribution in [2.45, 2.75) is 36.6 Å². The van der Waals surface area contributed by atoms with E-state index in [1.807, 2.05) is 6.07 Å². The Kier molecular flexibility index (Phi) is 4.60. The summed E-state index contributed by atoms with van der Waals surface area (Å²) >= 11 is 0. The largest absolute Gasteiger partial charge is 0.480 e. The number of carbonyl (C=O) groups is 1. The summed E-state index contributed by atoms with van der Waals surface area (Å²) in [5, 5.41) is 18.2. The highest BCUT2D eigenvalue weighted by Crippen LogP contribution is 2.25. The maximum atomic E-state index is 12.7. The summed E-state index contributed by atoms with van der Waals surface area (Å²) in [7, 11) is -3.91. The van der Waals surface area contributed by atoms with Crippen LogP contribution in [-0.4, -0.2) is 36.4 Å². The molecule has 0 aliphatic carbocycles. The van der Waals surface area contributed by atoms with Crippen LogP contribution in [0.4, 0.5) is 0 Å². The molecule has 0 spiro atoms. The average molecular weight is 308 g/mol. The Labute approximate surface area is 123 Å². The van der Waals surface area contributed by atoms with Gasteiger partial charge in [-0.3, -0.25) is 4.79 Å². The summed E-state index contributed by atoms with van der Waals surface area (Å²) < 4.78 is 26.4. The first-order valence-electron chi connectivity index (χ1n) is 6.71. The zero-order chi connectivity index (χ0) is 15.5. The molecule has 0 bridgehead atoms. The lowest BCUT2D eigenvalue weighted by Crippen LogP contribution is -2.44. The van der Waals surface area contributed by atoms with Gasteiger partial charge in [0.25, 0.3) is 0 Å². The van der Waals surface area contributed by atoms with Gasteiger partial charge >= 0.3 is 5.97 Å². The number of hydrogen-bond acceptors (Lipinski definition) is 4. The average Bonchev–Trinajstić information content (AvgIpc) is 2.73. The van der Waals surface area contributed by atoms with Crippen LogP contribution in [-0.2, 0) is 14.8 Å². The fraction of sp³-hybridized carbons (Fsp3) is 0.429. The van der Waals surface area contributed by atoms with Gasteiger partial charge < -0.3 is 5.11 Å². The third-order valence-corrected chi connectivity index (χ3v) is 5.46. The predicted octanol–water partition coefficient (Wildman–Crippen LogP) is 1.58. The number of hydrogen-bond donors (Lipinski definition) is 1. The van der Waals surface area contributed by atoms with Crippen LogP contribution in [0.1, 0.15) is 31.2 Å². The van der Waals surface area contributed by atoms with Crippen LogP contribution >= 0.6 is 0 Å². The first-order chi connectivity index (χ1) is 9.96. The van der Waals surface area contributed by atoms with E-state index in [0.717, 1.165) is 10.7 Å². The van der Waals surface area contributed by atoms with Gasteiger partial charge in [-0.05, 0) is 31.0 Å². The van der Waals surface area contributed by atoms with Crippen molar-refractivity contribution in [3.05, 3.63) is 29.8 Å². The van der Waals surface area contributed by atoms with Gasteiger partial charge in [0, 0.05) is 6.54 Å². The van der Waals surface area contributed by atoms with Crippen molar-refractivity contribution in [1.29, 1.82) is 5.26 Å². The topological polar surface area (TPSA) is 98.5 Å². The minimum Gasteiger partial charge on any atom is -0.480 e. The van der Waals surface area contributed by atoms with Gasteiger partial charge in [0.2, 0.25) is 10.0 Å². The van der Waals surface area contributed by atoms with Crippen LogP contribution in [0.5, 0.6) is 0 Å². The molecule has 1 unspecified atom stereocenters. The molecular formula is C14H16N2O4S. The first kappa shape index (κ1) is 15.5. The number of carboxylic acids is 1. The van der Waals surface area contributed by atoms with Gasteiger partial charge in [0.1, 0.15) is 6.04 Å². The van der Waals surface area contributed by atoms with E-state index in [2.05, 4.69) is 0 Å². The third-order valence-electron chi connectivity index (χ3n) is 3.56. The molecule has 1 aliphatic rings. The number of benzene rings is 1. The number of carboxylic acid groups (broad SMARTS) is 1. The summed E-state index contributed by atoms with van der Waals surface area (Å²) in [5.74, 6) is -1.13. The normalized spacial score (nSPS) is 20.4. The van der Waals surface area contributed by atoms with Crippen LogP contribution < -0.4 is 0 Å². The third kappa shape index (κ3) is 3.23. The minimum absolute atomic E-state index is 0.0327. The Balaban J connectivity index is 2.44. The van der Waals surface area contributed by atoms with Gasteiger partial charge in [-0.1, -0.05) is 18.9 Å². The molecule has 1 fully saturated rings. The molecule has 0 aromatic heterocycles. The molecule has 1 saturated heterocycles. The Morgan fingerprint density at radius 2 is 2.10 bits per heavy atom. The predicted molar refractivity (Wildman–Crippen MR) is 74.9 cm³/mol. The lowest BCUT2D eigenvalue weighted by molar-refractivity contribution is -0.141. The molecule has 0 amide bonds. The highest BCUT2D eigenvalue weighted by atomic mass is 32.2.